The van der Waals surface area contributed by atoms with E-state index in [9.17, 15) is 0 Å². The Morgan fingerprint density at radius 3 is 2.83 bits per heavy atom. The molecule has 1 aromatic heterocycles. The third-order valence-electron chi connectivity index (χ3n) is 4.52. The molecule has 1 fully saturated rings. The molecule has 1 heterocycles. The molecule has 4 atom stereocenters. The number of nitrogens with one attached hydrogen (secondary N) is 1. The highest BCUT2D eigenvalue weighted by molar-refractivity contribution is 4.98. The Morgan fingerprint density at radius 2 is 2.17 bits per heavy atom. The van der Waals surface area contributed by atoms with Crippen LogP contribution in [0.15, 0.2) is 22.8 Å². The SMILES string of the molecule is CC(CCc1ccco1)NC1CCC(C)C(C)C1. The van der Waals surface area contributed by atoms with Crippen molar-refractivity contribution in [1.29, 1.82) is 0 Å². The van der Waals surface area contributed by atoms with E-state index in [2.05, 4.69) is 32.2 Å². The number of rotatable bonds is 5. The quantitative estimate of drug-likeness (QED) is 0.852. The van der Waals surface area contributed by atoms with E-state index in [1.165, 1.54) is 19.3 Å². The minimum absolute atomic E-state index is 0.584. The zero-order valence-corrected chi connectivity index (χ0v) is 12.0. The monoisotopic (exact) mass is 249 g/mol. The molecule has 102 valence electrons. The van der Waals surface area contributed by atoms with E-state index in [0.29, 0.717) is 6.04 Å². The Balaban J connectivity index is 1.69. The van der Waals surface area contributed by atoms with Gasteiger partial charge in [0.1, 0.15) is 5.76 Å². The van der Waals surface area contributed by atoms with Gasteiger partial charge < -0.3 is 9.73 Å². The molecule has 1 aromatic rings. The van der Waals surface area contributed by atoms with Crippen LogP contribution >= 0.6 is 0 Å². The molecule has 1 aliphatic carbocycles. The fraction of sp³-hybridized carbons (Fsp3) is 0.750. The van der Waals surface area contributed by atoms with E-state index in [1.807, 2.05) is 6.07 Å². The van der Waals surface area contributed by atoms with Gasteiger partial charge in [-0.25, -0.2) is 0 Å². The summed E-state index contributed by atoms with van der Waals surface area (Å²) in [6.07, 6.45) is 8.03. The lowest BCUT2D eigenvalue weighted by molar-refractivity contribution is 0.215. The van der Waals surface area contributed by atoms with Crippen LogP contribution in [0, 0.1) is 11.8 Å². The Labute approximate surface area is 111 Å². The average molecular weight is 249 g/mol. The van der Waals surface area contributed by atoms with Gasteiger partial charge >= 0.3 is 0 Å². The molecule has 0 bridgehead atoms. The lowest BCUT2D eigenvalue weighted by atomic mass is 9.79. The van der Waals surface area contributed by atoms with E-state index >= 15 is 0 Å². The molecule has 0 radical (unpaired) electrons. The van der Waals surface area contributed by atoms with Crippen LogP contribution in [0.25, 0.3) is 0 Å². The van der Waals surface area contributed by atoms with Gasteiger partial charge in [0.15, 0.2) is 0 Å². The van der Waals surface area contributed by atoms with Crippen molar-refractivity contribution in [3.8, 4) is 0 Å². The van der Waals surface area contributed by atoms with Crippen LogP contribution in [-0.2, 0) is 6.42 Å². The summed E-state index contributed by atoms with van der Waals surface area (Å²) in [4.78, 5) is 0. The summed E-state index contributed by atoms with van der Waals surface area (Å²) in [7, 11) is 0. The Bertz CT molecular complexity index is 333. The van der Waals surface area contributed by atoms with Gasteiger partial charge in [-0.3, -0.25) is 0 Å². The predicted octanol–water partition coefficient (Wildman–Crippen LogP) is 4.02. The fourth-order valence-corrected chi connectivity index (χ4v) is 3.00. The van der Waals surface area contributed by atoms with Crippen molar-refractivity contribution in [2.75, 3.05) is 0 Å². The molecule has 1 aliphatic rings. The first-order valence-corrected chi connectivity index (χ1v) is 7.43. The van der Waals surface area contributed by atoms with Crippen molar-refractivity contribution in [1.82, 2.24) is 5.32 Å². The first-order valence-electron chi connectivity index (χ1n) is 7.43. The lowest BCUT2D eigenvalue weighted by Gasteiger charge is -2.34. The summed E-state index contributed by atoms with van der Waals surface area (Å²) in [5.41, 5.74) is 0. The molecule has 18 heavy (non-hydrogen) atoms. The van der Waals surface area contributed by atoms with Gasteiger partial charge in [0, 0.05) is 18.5 Å². The van der Waals surface area contributed by atoms with Crippen molar-refractivity contribution in [2.24, 2.45) is 11.8 Å². The Morgan fingerprint density at radius 1 is 1.33 bits per heavy atom. The zero-order chi connectivity index (χ0) is 13.0. The van der Waals surface area contributed by atoms with E-state index in [-0.39, 0.29) is 0 Å². The van der Waals surface area contributed by atoms with E-state index in [4.69, 9.17) is 4.42 Å². The summed E-state index contributed by atoms with van der Waals surface area (Å²) < 4.78 is 5.38. The predicted molar refractivity (Wildman–Crippen MR) is 75.6 cm³/mol. The molecule has 4 unspecified atom stereocenters. The summed E-state index contributed by atoms with van der Waals surface area (Å²) in [6, 6.07) is 5.35. The maximum atomic E-state index is 5.38. The van der Waals surface area contributed by atoms with Gasteiger partial charge in [-0.15, -0.1) is 0 Å². The normalized spacial score (nSPS) is 30.3. The Kier molecular flexibility index (Phi) is 4.87. The third-order valence-corrected chi connectivity index (χ3v) is 4.52. The minimum Gasteiger partial charge on any atom is -0.469 e. The molecule has 1 saturated carbocycles. The average Bonchev–Trinajstić information content (AvgIpc) is 2.84. The van der Waals surface area contributed by atoms with Crippen LogP contribution in [0.5, 0.6) is 0 Å². The maximum absolute atomic E-state index is 5.38. The maximum Gasteiger partial charge on any atom is 0.103 e. The van der Waals surface area contributed by atoms with Crippen molar-refractivity contribution in [3.63, 3.8) is 0 Å². The van der Waals surface area contributed by atoms with Crippen LogP contribution in [0.2, 0.25) is 0 Å². The van der Waals surface area contributed by atoms with Crippen LogP contribution in [-0.4, -0.2) is 12.1 Å². The second-order valence-corrected chi connectivity index (χ2v) is 6.15. The highest BCUT2D eigenvalue weighted by atomic mass is 16.3. The molecular formula is C16H27NO. The van der Waals surface area contributed by atoms with E-state index < -0.39 is 0 Å². The summed E-state index contributed by atoms with van der Waals surface area (Å²) in [5, 5.41) is 3.79. The summed E-state index contributed by atoms with van der Waals surface area (Å²) >= 11 is 0. The number of hydrogen-bond donors (Lipinski definition) is 1. The second-order valence-electron chi connectivity index (χ2n) is 6.15. The first-order chi connectivity index (χ1) is 8.65. The first kappa shape index (κ1) is 13.7. The van der Waals surface area contributed by atoms with Crippen molar-refractivity contribution < 1.29 is 4.42 Å². The molecule has 0 aromatic carbocycles. The third kappa shape index (κ3) is 3.88. The number of hydrogen-bond acceptors (Lipinski definition) is 2. The molecule has 0 spiro atoms. The largest absolute Gasteiger partial charge is 0.469 e. The Hall–Kier alpha value is -0.760. The van der Waals surface area contributed by atoms with Crippen LogP contribution in [0.3, 0.4) is 0 Å². The van der Waals surface area contributed by atoms with Crippen LogP contribution in [0.1, 0.15) is 52.2 Å². The molecule has 2 nitrogen and oxygen atoms in total. The summed E-state index contributed by atoms with van der Waals surface area (Å²) in [6.45, 7) is 7.08. The number of furan rings is 1. The highest BCUT2D eigenvalue weighted by Crippen LogP contribution is 2.29. The fourth-order valence-electron chi connectivity index (χ4n) is 3.00. The van der Waals surface area contributed by atoms with Crippen molar-refractivity contribution in [2.45, 2.75) is 65.0 Å². The van der Waals surface area contributed by atoms with Gasteiger partial charge in [-0.05, 0) is 56.6 Å². The topological polar surface area (TPSA) is 25.2 Å². The number of aryl methyl sites for hydroxylation is 1. The molecule has 0 amide bonds. The molecule has 2 heteroatoms. The van der Waals surface area contributed by atoms with Crippen molar-refractivity contribution in [3.05, 3.63) is 24.2 Å². The highest BCUT2D eigenvalue weighted by Gasteiger charge is 2.25. The lowest BCUT2D eigenvalue weighted by Crippen LogP contribution is -2.41. The molecule has 0 aliphatic heterocycles. The van der Waals surface area contributed by atoms with Crippen LogP contribution in [0.4, 0.5) is 0 Å². The van der Waals surface area contributed by atoms with E-state index in [1.54, 1.807) is 6.26 Å². The van der Waals surface area contributed by atoms with Gasteiger partial charge in [0.25, 0.3) is 0 Å². The minimum atomic E-state index is 0.584. The molecule has 0 saturated heterocycles. The second kappa shape index (κ2) is 6.42. The van der Waals surface area contributed by atoms with Gasteiger partial charge in [-0.1, -0.05) is 13.8 Å². The van der Waals surface area contributed by atoms with E-state index in [0.717, 1.165) is 36.5 Å². The van der Waals surface area contributed by atoms with Gasteiger partial charge in [-0.2, -0.15) is 0 Å². The van der Waals surface area contributed by atoms with Gasteiger partial charge in [0.2, 0.25) is 0 Å². The summed E-state index contributed by atoms with van der Waals surface area (Å²) in [5.74, 6) is 2.88. The smallest absolute Gasteiger partial charge is 0.103 e. The molecular weight excluding hydrogens is 222 g/mol. The van der Waals surface area contributed by atoms with Gasteiger partial charge in [0.05, 0.1) is 6.26 Å². The van der Waals surface area contributed by atoms with Crippen molar-refractivity contribution >= 4 is 0 Å². The van der Waals surface area contributed by atoms with Crippen LogP contribution < -0.4 is 5.32 Å². The molecule has 2 rings (SSSR count). The zero-order valence-electron chi connectivity index (χ0n) is 12.0. The standard InChI is InChI=1S/C16H27NO/c1-12-6-8-15(11-13(12)2)17-14(3)7-9-16-5-4-10-18-16/h4-5,10,12-15,17H,6-9,11H2,1-3H3. The molecule has 1 N–H and O–H groups in total.